The fourth-order valence-electron chi connectivity index (χ4n) is 3.05. The van der Waals surface area contributed by atoms with Crippen LogP contribution in [0.4, 0.5) is 0 Å². The molecule has 3 aromatic rings. The third-order valence-electron chi connectivity index (χ3n) is 4.57. The fourth-order valence-corrected chi connectivity index (χ4v) is 3.05. The van der Waals surface area contributed by atoms with Gasteiger partial charge in [0.2, 0.25) is 5.91 Å². The second-order valence-corrected chi connectivity index (χ2v) is 6.56. The van der Waals surface area contributed by atoms with Crippen LogP contribution in [0, 0.1) is 0 Å². The Morgan fingerprint density at radius 1 is 0.786 bits per heavy atom. The van der Waals surface area contributed by atoms with E-state index in [1.165, 1.54) is 5.56 Å². The maximum Gasteiger partial charge on any atom is 0.224 e. The van der Waals surface area contributed by atoms with Crippen molar-refractivity contribution >= 4 is 5.91 Å². The highest BCUT2D eigenvalue weighted by Gasteiger charge is 2.06. The maximum absolute atomic E-state index is 12.2. The number of hydrogen-bond acceptors (Lipinski definition) is 3. The predicted molar refractivity (Wildman–Crippen MR) is 112 cm³/mol. The van der Waals surface area contributed by atoms with Gasteiger partial charge in [-0.15, -0.1) is 0 Å². The van der Waals surface area contributed by atoms with E-state index in [2.05, 4.69) is 29.6 Å². The molecule has 1 amide bonds. The van der Waals surface area contributed by atoms with Crippen LogP contribution >= 0.6 is 0 Å². The van der Waals surface area contributed by atoms with E-state index >= 15 is 0 Å². The molecule has 1 N–H and O–H groups in total. The van der Waals surface area contributed by atoms with Crippen molar-refractivity contribution in [1.29, 1.82) is 0 Å². The van der Waals surface area contributed by atoms with E-state index < -0.39 is 0 Å². The zero-order valence-corrected chi connectivity index (χ0v) is 16.3. The second kappa shape index (κ2) is 9.60. The van der Waals surface area contributed by atoms with Gasteiger partial charge in [-0.25, -0.2) is 0 Å². The minimum atomic E-state index is 0.0160. The number of benzene rings is 3. The second-order valence-electron chi connectivity index (χ2n) is 6.56. The number of amides is 1. The zero-order chi connectivity index (χ0) is 19.8. The van der Waals surface area contributed by atoms with E-state index in [-0.39, 0.29) is 5.91 Å². The van der Waals surface area contributed by atoms with E-state index in [0.717, 1.165) is 28.2 Å². The van der Waals surface area contributed by atoms with Gasteiger partial charge in [-0.05, 0) is 40.8 Å². The standard InChI is InChI=1S/C24H25NO3/c1-27-22-14-19(15-23(17-22)28-2)12-13-25-24(26)16-18-8-10-21(11-9-18)20-6-4-3-5-7-20/h3-11,14-15,17H,12-13,16H2,1-2H3,(H,25,26). The molecule has 4 nitrogen and oxygen atoms in total. The van der Waals surface area contributed by atoms with Gasteiger partial charge in [0, 0.05) is 12.6 Å². The van der Waals surface area contributed by atoms with Crippen LogP contribution < -0.4 is 14.8 Å². The first-order chi connectivity index (χ1) is 13.7. The summed E-state index contributed by atoms with van der Waals surface area (Å²) in [6.45, 7) is 0.567. The summed E-state index contributed by atoms with van der Waals surface area (Å²) in [7, 11) is 3.26. The molecule has 0 aliphatic heterocycles. The Morgan fingerprint density at radius 2 is 1.39 bits per heavy atom. The van der Waals surface area contributed by atoms with E-state index in [9.17, 15) is 4.79 Å². The molecule has 3 aromatic carbocycles. The van der Waals surface area contributed by atoms with Gasteiger partial charge < -0.3 is 14.8 Å². The lowest BCUT2D eigenvalue weighted by atomic mass is 10.0. The topological polar surface area (TPSA) is 47.6 Å². The third-order valence-corrected chi connectivity index (χ3v) is 4.57. The molecule has 0 aliphatic rings. The molecule has 3 rings (SSSR count). The lowest BCUT2D eigenvalue weighted by Crippen LogP contribution is -2.27. The summed E-state index contributed by atoms with van der Waals surface area (Å²) in [4.78, 5) is 12.2. The van der Waals surface area contributed by atoms with Gasteiger partial charge in [0.15, 0.2) is 0 Å². The lowest BCUT2D eigenvalue weighted by molar-refractivity contribution is -0.120. The van der Waals surface area contributed by atoms with Gasteiger partial charge in [0.1, 0.15) is 11.5 Å². The van der Waals surface area contributed by atoms with Gasteiger partial charge >= 0.3 is 0 Å². The van der Waals surface area contributed by atoms with E-state index in [0.29, 0.717) is 19.4 Å². The van der Waals surface area contributed by atoms with Crippen molar-refractivity contribution in [3.8, 4) is 22.6 Å². The van der Waals surface area contributed by atoms with E-state index in [1.54, 1.807) is 14.2 Å². The van der Waals surface area contributed by atoms with Crippen LogP contribution in [0.15, 0.2) is 72.8 Å². The first-order valence-electron chi connectivity index (χ1n) is 9.31. The lowest BCUT2D eigenvalue weighted by Gasteiger charge is -2.09. The molecule has 0 bridgehead atoms. The molecule has 0 aromatic heterocycles. The monoisotopic (exact) mass is 375 g/mol. The first kappa shape index (κ1) is 19.5. The molecule has 0 radical (unpaired) electrons. The SMILES string of the molecule is COc1cc(CCNC(=O)Cc2ccc(-c3ccccc3)cc2)cc(OC)c1. The highest BCUT2D eigenvalue weighted by atomic mass is 16.5. The molecule has 0 saturated carbocycles. The summed E-state index contributed by atoms with van der Waals surface area (Å²) in [6.07, 6.45) is 1.09. The van der Waals surface area contributed by atoms with Gasteiger partial charge in [-0.2, -0.15) is 0 Å². The summed E-state index contributed by atoms with van der Waals surface area (Å²) in [6, 6.07) is 24.1. The molecule has 0 spiro atoms. The molecular formula is C24H25NO3. The molecule has 0 fully saturated rings. The molecule has 4 heteroatoms. The largest absolute Gasteiger partial charge is 0.497 e. The summed E-state index contributed by atoms with van der Waals surface area (Å²) >= 11 is 0. The number of rotatable bonds is 8. The molecule has 0 unspecified atom stereocenters. The van der Waals surface area contributed by atoms with E-state index in [1.807, 2.05) is 48.5 Å². The van der Waals surface area contributed by atoms with Crippen LogP contribution in [-0.2, 0) is 17.6 Å². The molecule has 144 valence electrons. The van der Waals surface area contributed by atoms with Crippen LogP contribution in [-0.4, -0.2) is 26.7 Å². The van der Waals surface area contributed by atoms with Crippen LogP contribution in [0.25, 0.3) is 11.1 Å². The maximum atomic E-state index is 12.2. The number of methoxy groups -OCH3 is 2. The van der Waals surface area contributed by atoms with Crippen LogP contribution in [0.2, 0.25) is 0 Å². The quantitative estimate of drug-likeness (QED) is 0.639. The average molecular weight is 375 g/mol. The first-order valence-corrected chi connectivity index (χ1v) is 9.31. The van der Waals surface area contributed by atoms with Crippen molar-refractivity contribution in [3.05, 3.63) is 83.9 Å². The fraction of sp³-hybridized carbons (Fsp3) is 0.208. The van der Waals surface area contributed by atoms with Crippen molar-refractivity contribution in [2.24, 2.45) is 0 Å². The Balaban J connectivity index is 1.51. The molecule has 28 heavy (non-hydrogen) atoms. The normalized spacial score (nSPS) is 10.4. The summed E-state index contributed by atoms with van der Waals surface area (Å²) in [5.41, 5.74) is 4.38. The number of hydrogen-bond donors (Lipinski definition) is 1. The number of carbonyl (C=O) groups excluding carboxylic acids is 1. The minimum Gasteiger partial charge on any atom is -0.497 e. The van der Waals surface area contributed by atoms with Crippen molar-refractivity contribution in [2.45, 2.75) is 12.8 Å². The number of carbonyl (C=O) groups is 1. The van der Waals surface area contributed by atoms with Gasteiger partial charge in [0.25, 0.3) is 0 Å². The van der Waals surface area contributed by atoms with Crippen molar-refractivity contribution in [2.75, 3.05) is 20.8 Å². The number of nitrogens with one attached hydrogen (secondary N) is 1. The van der Waals surface area contributed by atoms with Crippen molar-refractivity contribution < 1.29 is 14.3 Å². The van der Waals surface area contributed by atoms with Crippen molar-refractivity contribution in [1.82, 2.24) is 5.32 Å². The molecular weight excluding hydrogens is 350 g/mol. The third kappa shape index (κ3) is 5.36. The Kier molecular flexibility index (Phi) is 6.68. The van der Waals surface area contributed by atoms with Crippen LogP contribution in [0.3, 0.4) is 0 Å². The average Bonchev–Trinajstić information content (AvgIpc) is 2.74. The van der Waals surface area contributed by atoms with Crippen molar-refractivity contribution in [3.63, 3.8) is 0 Å². The Bertz CT molecular complexity index is 883. The molecule has 0 atom stereocenters. The van der Waals surface area contributed by atoms with E-state index in [4.69, 9.17) is 9.47 Å². The zero-order valence-electron chi connectivity index (χ0n) is 16.3. The molecule has 0 saturated heterocycles. The smallest absolute Gasteiger partial charge is 0.224 e. The predicted octanol–water partition coefficient (Wildman–Crippen LogP) is 4.27. The molecule has 0 heterocycles. The summed E-state index contributed by atoms with van der Waals surface area (Å²) in [5, 5.41) is 2.98. The number of ether oxygens (including phenoxy) is 2. The van der Waals surface area contributed by atoms with Crippen LogP contribution in [0.5, 0.6) is 11.5 Å². The van der Waals surface area contributed by atoms with Gasteiger partial charge in [-0.1, -0.05) is 54.6 Å². The van der Waals surface area contributed by atoms with Gasteiger partial charge in [-0.3, -0.25) is 4.79 Å². The minimum absolute atomic E-state index is 0.0160. The highest BCUT2D eigenvalue weighted by Crippen LogP contribution is 2.22. The highest BCUT2D eigenvalue weighted by molar-refractivity contribution is 5.78. The molecule has 0 aliphatic carbocycles. The Labute approximate surface area is 166 Å². The van der Waals surface area contributed by atoms with Crippen LogP contribution in [0.1, 0.15) is 11.1 Å². The Hall–Kier alpha value is -3.27. The van der Waals surface area contributed by atoms with Gasteiger partial charge in [0.05, 0.1) is 20.6 Å². The summed E-state index contributed by atoms with van der Waals surface area (Å²) < 4.78 is 10.6. The Morgan fingerprint density at radius 3 is 2.00 bits per heavy atom. The summed E-state index contributed by atoms with van der Waals surface area (Å²) in [5.74, 6) is 1.51.